The molecule has 0 spiro atoms. The van der Waals surface area contributed by atoms with Crippen molar-refractivity contribution in [3.63, 3.8) is 0 Å². The molecule has 68 heavy (non-hydrogen) atoms. The fourth-order valence-corrected chi connectivity index (χ4v) is 9.77. The highest BCUT2D eigenvalue weighted by molar-refractivity contribution is 6.24. The number of aromatic nitrogens is 4. The minimum atomic E-state index is 0.540. The standard InChI is InChI=1S/C63H40N4O/c1-4-16-41(17-5-1)45-22-12-23-46(38-45)44-32-34-51(35-33-44)67-56-31-11-10-28-54(56)58-57(67)37-36-53-52-29-15-30-55(59(52)68-60(53)58)63-65-61(49-26-13-24-47(39-49)42-18-6-2-7-19-42)64-62(66-63)50-27-14-25-48(40-50)43-20-8-3-9-21-43/h1-40H. The van der Waals surface area contributed by atoms with Gasteiger partial charge in [-0.15, -0.1) is 0 Å². The number of benzene rings is 10. The first-order valence-corrected chi connectivity index (χ1v) is 22.9. The van der Waals surface area contributed by atoms with E-state index in [1.807, 2.05) is 12.1 Å². The van der Waals surface area contributed by atoms with Gasteiger partial charge < -0.3 is 8.98 Å². The average molecular weight is 869 g/mol. The molecule has 0 saturated carbocycles. The van der Waals surface area contributed by atoms with Gasteiger partial charge in [-0.3, -0.25) is 0 Å². The molecule has 0 aliphatic heterocycles. The Morgan fingerprint density at radius 2 is 0.706 bits per heavy atom. The van der Waals surface area contributed by atoms with Crippen LogP contribution in [0.15, 0.2) is 247 Å². The third kappa shape index (κ3) is 6.84. The lowest BCUT2D eigenvalue weighted by molar-refractivity contribution is 0.673. The van der Waals surface area contributed by atoms with E-state index in [1.165, 1.54) is 16.7 Å². The van der Waals surface area contributed by atoms with Crippen LogP contribution in [0.5, 0.6) is 0 Å². The quantitative estimate of drug-likeness (QED) is 0.153. The van der Waals surface area contributed by atoms with Gasteiger partial charge in [-0.1, -0.05) is 188 Å². The van der Waals surface area contributed by atoms with Crippen LogP contribution >= 0.6 is 0 Å². The van der Waals surface area contributed by atoms with Crippen molar-refractivity contribution in [1.29, 1.82) is 0 Å². The Labute approximate surface area is 392 Å². The Hall–Kier alpha value is -9.19. The van der Waals surface area contributed by atoms with Crippen molar-refractivity contribution >= 4 is 43.7 Å². The summed E-state index contributed by atoms with van der Waals surface area (Å²) in [6.07, 6.45) is 0. The van der Waals surface area contributed by atoms with Gasteiger partial charge in [-0.2, -0.15) is 0 Å². The van der Waals surface area contributed by atoms with Crippen molar-refractivity contribution in [2.75, 3.05) is 0 Å². The van der Waals surface area contributed by atoms with Crippen LogP contribution in [0.25, 0.3) is 128 Å². The maximum atomic E-state index is 7.16. The zero-order valence-corrected chi connectivity index (χ0v) is 36.8. The molecule has 5 nitrogen and oxygen atoms in total. The summed E-state index contributed by atoms with van der Waals surface area (Å²) in [5, 5.41) is 4.22. The average Bonchev–Trinajstić information content (AvgIpc) is 3.98. The van der Waals surface area contributed by atoms with Crippen LogP contribution in [-0.2, 0) is 0 Å². The highest BCUT2D eigenvalue weighted by Crippen LogP contribution is 2.43. The van der Waals surface area contributed by atoms with E-state index in [2.05, 4.69) is 235 Å². The number of hydrogen-bond acceptors (Lipinski definition) is 4. The second-order valence-corrected chi connectivity index (χ2v) is 17.2. The normalized spacial score (nSPS) is 11.5. The summed E-state index contributed by atoms with van der Waals surface area (Å²) in [7, 11) is 0. The van der Waals surface area contributed by atoms with Crippen LogP contribution in [0.4, 0.5) is 0 Å². The summed E-state index contributed by atoms with van der Waals surface area (Å²) in [5.74, 6) is 1.71. The molecule has 0 radical (unpaired) electrons. The molecule has 0 N–H and O–H groups in total. The van der Waals surface area contributed by atoms with Crippen molar-refractivity contribution in [2.24, 2.45) is 0 Å². The van der Waals surface area contributed by atoms with E-state index in [9.17, 15) is 0 Å². The molecule has 0 bridgehead atoms. The summed E-state index contributed by atoms with van der Waals surface area (Å²) in [6, 6.07) is 85.1. The molecule has 0 atom stereocenters. The summed E-state index contributed by atoms with van der Waals surface area (Å²) in [5.41, 5.74) is 16.6. The van der Waals surface area contributed by atoms with Gasteiger partial charge in [0.2, 0.25) is 0 Å². The fraction of sp³-hybridized carbons (Fsp3) is 0. The first-order valence-electron chi connectivity index (χ1n) is 22.9. The van der Waals surface area contributed by atoms with Crippen molar-refractivity contribution in [3.8, 4) is 84.4 Å². The van der Waals surface area contributed by atoms with Crippen molar-refractivity contribution in [3.05, 3.63) is 243 Å². The number of rotatable bonds is 8. The molecule has 13 rings (SSSR count). The highest BCUT2D eigenvalue weighted by Gasteiger charge is 2.22. The number of nitrogens with zero attached hydrogens (tertiary/aromatic N) is 4. The predicted octanol–water partition coefficient (Wildman–Crippen LogP) is 16.5. The molecule has 13 aromatic rings. The molecule has 3 heterocycles. The van der Waals surface area contributed by atoms with Crippen LogP contribution in [0, 0.1) is 0 Å². The molecule has 0 fully saturated rings. The van der Waals surface area contributed by atoms with E-state index in [1.54, 1.807) is 0 Å². The maximum absolute atomic E-state index is 7.16. The van der Waals surface area contributed by atoms with Crippen molar-refractivity contribution in [1.82, 2.24) is 19.5 Å². The monoisotopic (exact) mass is 868 g/mol. The van der Waals surface area contributed by atoms with Crippen LogP contribution in [-0.4, -0.2) is 19.5 Å². The van der Waals surface area contributed by atoms with E-state index in [0.29, 0.717) is 17.5 Å². The largest absolute Gasteiger partial charge is 0.455 e. The lowest BCUT2D eigenvalue weighted by atomic mass is 9.99. The number of hydrogen-bond donors (Lipinski definition) is 0. The lowest BCUT2D eigenvalue weighted by Gasteiger charge is -2.11. The molecular formula is C63H40N4O. The first-order chi connectivity index (χ1) is 33.7. The molecule has 0 aliphatic rings. The molecular weight excluding hydrogens is 829 g/mol. The van der Waals surface area contributed by atoms with E-state index >= 15 is 0 Å². The van der Waals surface area contributed by atoms with Gasteiger partial charge in [0.1, 0.15) is 11.2 Å². The Kier molecular flexibility index (Phi) is 9.43. The van der Waals surface area contributed by atoms with E-state index in [0.717, 1.165) is 93.9 Å². The lowest BCUT2D eigenvalue weighted by Crippen LogP contribution is -2.00. The zero-order chi connectivity index (χ0) is 45.0. The highest BCUT2D eigenvalue weighted by atomic mass is 16.3. The predicted molar refractivity (Wildman–Crippen MR) is 279 cm³/mol. The molecule has 0 saturated heterocycles. The van der Waals surface area contributed by atoms with Crippen LogP contribution in [0.1, 0.15) is 0 Å². The van der Waals surface area contributed by atoms with Gasteiger partial charge in [0.05, 0.1) is 22.0 Å². The number of fused-ring (bicyclic) bond motifs is 7. The van der Waals surface area contributed by atoms with Crippen molar-refractivity contribution in [2.45, 2.75) is 0 Å². The van der Waals surface area contributed by atoms with Gasteiger partial charge in [0.15, 0.2) is 17.5 Å². The fourth-order valence-electron chi connectivity index (χ4n) is 9.77. The third-order valence-electron chi connectivity index (χ3n) is 13.1. The van der Waals surface area contributed by atoms with Gasteiger partial charge in [0.25, 0.3) is 0 Å². The van der Waals surface area contributed by atoms with E-state index in [-0.39, 0.29) is 0 Å². The van der Waals surface area contributed by atoms with Gasteiger partial charge >= 0.3 is 0 Å². The smallest absolute Gasteiger partial charge is 0.167 e. The van der Waals surface area contributed by atoms with Crippen LogP contribution < -0.4 is 0 Å². The second kappa shape index (κ2) is 16.4. The molecule has 3 aromatic heterocycles. The summed E-state index contributed by atoms with van der Waals surface area (Å²) >= 11 is 0. The summed E-state index contributed by atoms with van der Waals surface area (Å²) in [4.78, 5) is 15.7. The van der Waals surface area contributed by atoms with Crippen LogP contribution in [0.2, 0.25) is 0 Å². The molecule has 0 amide bonds. The zero-order valence-electron chi connectivity index (χ0n) is 36.8. The molecule has 5 heteroatoms. The molecule has 318 valence electrons. The minimum absolute atomic E-state index is 0.540. The summed E-state index contributed by atoms with van der Waals surface area (Å²) < 4.78 is 9.51. The Morgan fingerprint density at radius 3 is 1.28 bits per heavy atom. The summed E-state index contributed by atoms with van der Waals surface area (Å²) in [6.45, 7) is 0. The van der Waals surface area contributed by atoms with Gasteiger partial charge in [-0.25, -0.2) is 15.0 Å². The SMILES string of the molecule is c1ccc(-c2cccc(-c3ccc(-n4c5ccccc5c5c6oc7c(-c8nc(-c9cccc(-c%10ccccc%10)c9)nc(-c9cccc(-c%10ccccc%10)c9)n8)cccc7c6ccc54)cc3)c2)cc1. The van der Waals surface area contributed by atoms with Crippen molar-refractivity contribution < 1.29 is 4.42 Å². The van der Waals surface area contributed by atoms with E-state index < -0.39 is 0 Å². The molecule has 0 unspecified atom stereocenters. The van der Waals surface area contributed by atoms with E-state index in [4.69, 9.17) is 19.4 Å². The van der Waals surface area contributed by atoms with Gasteiger partial charge in [0, 0.05) is 33.0 Å². The molecule has 10 aromatic carbocycles. The van der Waals surface area contributed by atoms with Gasteiger partial charge in [-0.05, 0) is 99.1 Å². The third-order valence-corrected chi connectivity index (χ3v) is 13.1. The Morgan fingerprint density at radius 1 is 0.279 bits per heavy atom. The Bertz CT molecular complexity index is 3900. The maximum Gasteiger partial charge on any atom is 0.167 e. The number of furan rings is 1. The Balaban J connectivity index is 0.961. The molecule has 0 aliphatic carbocycles. The first kappa shape index (κ1) is 39.2. The minimum Gasteiger partial charge on any atom is -0.455 e. The van der Waals surface area contributed by atoms with Crippen LogP contribution in [0.3, 0.4) is 0 Å². The number of para-hydroxylation sites is 2. The second-order valence-electron chi connectivity index (χ2n) is 17.2. The topological polar surface area (TPSA) is 56.7 Å².